The average molecular weight is 300 g/mol. The van der Waals surface area contributed by atoms with Gasteiger partial charge in [-0.1, -0.05) is 12.1 Å². The highest BCUT2D eigenvalue weighted by molar-refractivity contribution is 5.35. The molecule has 1 saturated heterocycles. The Morgan fingerprint density at radius 1 is 1.23 bits per heavy atom. The SMILES string of the molecule is N[C@@H]1CCC2CN(CC3CC3)CCC2(c2cccc(O)c2)C1. The molecule has 3 heteroatoms. The van der Waals surface area contributed by atoms with Crippen LogP contribution in [0.3, 0.4) is 0 Å². The van der Waals surface area contributed by atoms with Gasteiger partial charge in [0.1, 0.15) is 5.75 Å². The van der Waals surface area contributed by atoms with Crippen LogP contribution in [0.15, 0.2) is 24.3 Å². The third-order valence-corrected chi connectivity index (χ3v) is 6.28. The maximum Gasteiger partial charge on any atom is 0.115 e. The number of benzene rings is 1. The number of piperidine rings is 1. The number of phenolic OH excluding ortho intramolecular Hbond substituents is 1. The van der Waals surface area contributed by atoms with Crippen molar-refractivity contribution in [2.24, 2.45) is 17.6 Å². The fourth-order valence-corrected chi connectivity index (χ4v) is 4.91. The van der Waals surface area contributed by atoms with Crippen LogP contribution in [-0.2, 0) is 5.41 Å². The maximum absolute atomic E-state index is 9.93. The number of hydrogen-bond donors (Lipinski definition) is 2. The van der Waals surface area contributed by atoms with Gasteiger partial charge < -0.3 is 15.7 Å². The van der Waals surface area contributed by atoms with Crippen LogP contribution in [-0.4, -0.2) is 35.7 Å². The molecular formula is C19H28N2O. The van der Waals surface area contributed by atoms with Crippen molar-refractivity contribution in [3.05, 3.63) is 29.8 Å². The molecule has 0 bridgehead atoms. The van der Waals surface area contributed by atoms with E-state index in [9.17, 15) is 5.11 Å². The molecule has 2 unspecified atom stereocenters. The van der Waals surface area contributed by atoms with Crippen molar-refractivity contribution >= 4 is 0 Å². The van der Waals surface area contributed by atoms with E-state index in [0.29, 0.717) is 17.7 Å². The molecule has 3 nitrogen and oxygen atoms in total. The van der Waals surface area contributed by atoms with Crippen LogP contribution in [0, 0.1) is 11.8 Å². The number of phenols is 1. The molecule has 2 saturated carbocycles. The Kier molecular flexibility index (Phi) is 3.66. The lowest BCUT2D eigenvalue weighted by atomic mass is 9.58. The lowest BCUT2D eigenvalue weighted by Gasteiger charge is -2.52. The summed E-state index contributed by atoms with van der Waals surface area (Å²) in [6.07, 6.45) is 7.54. The molecule has 0 radical (unpaired) electrons. The Morgan fingerprint density at radius 2 is 2.09 bits per heavy atom. The van der Waals surface area contributed by atoms with E-state index in [1.165, 1.54) is 50.9 Å². The van der Waals surface area contributed by atoms with Gasteiger partial charge in [-0.25, -0.2) is 0 Å². The molecule has 22 heavy (non-hydrogen) atoms. The zero-order valence-electron chi connectivity index (χ0n) is 13.4. The monoisotopic (exact) mass is 300 g/mol. The van der Waals surface area contributed by atoms with Gasteiger partial charge in [0.15, 0.2) is 0 Å². The lowest BCUT2D eigenvalue weighted by molar-refractivity contribution is 0.0470. The molecule has 0 spiro atoms. The highest BCUT2D eigenvalue weighted by Crippen LogP contribution is 2.49. The fourth-order valence-electron chi connectivity index (χ4n) is 4.91. The van der Waals surface area contributed by atoms with Crippen molar-refractivity contribution in [2.45, 2.75) is 50.0 Å². The zero-order chi connectivity index (χ0) is 15.2. The summed E-state index contributed by atoms with van der Waals surface area (Å²) in [5.41, 5.74) is 7.86. The molecule has 1 heterocycles. The van der Waals surface area contributed by atoms with Gasteiger partial charge in [-0.15, -0.1) is 0 Å². The summed E-state index contributed by atoms with van der Waals surface area (Å²) in [5.74, 6) is 2.06. The Bertz CT molecular complexity index is 542. The van der Waals surface area contributed by atoms with Gasteiger partial charge in [-0.3, -0.25) is 0 Å². The molecule has 1 aliphatic heterocycles. The number of nitrogens with zero attached hydrogens (tertiary/aromatic N) is 1. The van der Waals surface area contributed by atoms with Gasteiger partial charge in [0, 0.05) is 24.5 Å². The van der Waals surface area contributed by atoms with Crippen LogP contribution in [0.5, 0.6) is 5.75 Å². The molecule has 0 amide bonds. The zero-order valence-corrected chi connectivity index (χ0v) is 13.4. The molecule has 120 valence electrons. The minimum Gasteiger partial charge on any atom is -0.508 e. The lowest BCUT2D eigenvalue weighted by Crippen LogP contribution is -2.55. The van der Waals surface area contributed by atoms with Crippen molar-refractivity contribution in [2.75, 3.05) is 19.6 Å². The summed E-state index contributed by atoms with van der Waals surface area (Å²) < 4.78 is 0. The molecule has 3 atom stereocenters. The van der Waals surface area contributed by atoms with Crippen molar-refractivity contribution in [3.8, 4) is 5.75 Å². The molecule has 4 rings (SSSR count). The smallest absolute Gasteiger partial charge is 0.115 e. The Hall–Kier alpha value is -1.06. The van der Waals surface area contributed by atoms with E-state index in [-0.39, 0.29) is 5.41 Å². The molecule has 0 aromatic heterocycles. The molecule has 1 aromatic carbocycles. The first-order chi connectivity index (χ1) is 10.7. The minimum atomic E-state index is 0.191. The minimum absolute atomic E-state index is 0.191. The first-order valence-corrected chi connectivity index (χ1v) is 8.93. The van der Waals surface area contributed by atoms with E-state index in [4.69, 9.17) is 5.73 Å². The molecule has 2 aliphatic carbocycles. The third kappa shape index (κ3) is 2.65. The summed E-state index contributed by atoms with van der Waals surface area (Å²) in [5, 5.41) is 9.93. The van der Waals surface area contributed by atoms with Crippen molar-refractivity contribution < 1.29 is 5.11 Å². The number of nitrogens with two attached hydrogens (primary N) is 1. The molecule has 1 aromatic rings. The van der Waals surface area contributed by atoms with Crippen LogP contribution in [0.2, 0.25) is 0 Å². The number of rotatable bonds is 3. The number of fused-ring (bicyclic) bond motifs is 1. The van der Waals surface area contributed by atoms with E-state index in [2.05, 4.69) is 11.0 Å². The van der Waals surface area contributed by atoms with Crippen LogP contribution >= 0.6 is 0 Å². The van der Waals surface area contributed by atoms with E-state index < -0.39 is 0 Å². The maximum atomic E-state index is 9.93. The van der Waals surface area contributed by atoms with Crippen molar-refractivity contribution in [1.82, 2.24) is 4.90 Å². The van der Waals surface area contributed by atoms with Gasteiger partial charge in [0.05, 0.1) is 0 Å². The number of aromatic hydroxyl groups is 1. The first kappa shape index (κ1) is 14.5. The number of hydrogen-bond acceptors (Lipinski definition) is 3. The van der Waals surface area contributed by atoms with Gasteiger partial charge in [0.25, 0.3) is 0 Å². The summed E-state index contributed by atoms with van der Waals surface area (Å²) >= 11 is 0. The summed E-state index contributed by atoms with van der Waals surface area (Å²) in [7, 11) is 0. The highest BCUT2D eigenvalue weighted by atomic mass is 16.3. The van der Waals surface area contributed by atoms with Gasteiger partial charge >= 0.3 is 0 Å². The highest BCUT2D eigenvalue weighted by Gasteiger charge is 2.47. The van der Waals surface area contributed by atoms with E-state index in [1.54, 1.807) is 6.07 Å². The Labute approximate surface area is 133 Å². The number of likely N-dealkylation sites (tertiary alicyclic amines) is 1. The largest absolute Gasteiger partial charge is 0.508 e. The van der Waals surface area contributed by atoms with Gasteiger partial charge in [0.2, 0.25) is 0 Å². The van der Waals surface area contributed by atoms with Crippen molar-refractivity contribution in [1.29, 1.82) is 0 Å². The van der Waals surface area contributed by atoms with Crippen molar-refractivity contribution in [3.63, 3.8) is 0 Å². The first-order valence-electron chi connectivity index (χ1n) is 8.93. The molecule has 3 fully saturated rings. The van der Waals surface area contributed by atoms with Crippen LogP contribution in [0.25, 0.3) is 0 Å². The summed E-state index contributed by atoms with van der Waals surface area (Å²) in [6.45, 7) is 3.72. The summed E-state index contributed by atoms with van der Waals surface area (Å²) in [6, 6.07) is 8.28. The average Bonchev–Trinajstić information content (AvgIpc) is 3.31. The van der Waals surface area contributed by atoms with Gasteiger partial charge in [-0.05, 0) is 74.6 Å². The van der Waals surface area contributed by atoms with Gasteiger partial charge in [-0.2, -0.15) is 0 Å². The van der Waals surface area contributed by atoms with Crippen LogP contribution in [0.1, 0.15) is 44.1 Å². The summed E-state index contributed by atoms with van der Waals surface area (Å²) in [4.78, 5) is 2.69. The topological polar surface area (TPSA) is 49.5 Å². The second-order valence-electron chi connectivity index (χ2n) is 7.90. The van der Waals surface area contributed by atoms with Crippen LogP contribution < -0.4 is 5.73 Å². The Morgan fingerprint density at radius 3 is 2.86 bits per heavy atom. The molecule has 3 aliphatic rings. The standard InChI is InChI=1S/C19H28N2O/c20-17-7-6-16-13-21(12-14-4-5-14)9-8-19(16,11-17)15-2-1-3-18(22)10-15/h1-3,10,14,16-17,22H,4-9,11-13,20H2/t16?,17-,19?/m1/s1. The third-order valence-electron chi connectivity index (χ3n) is 6.28. The second kappa shape index (κ2) is 5.54. The van der Waals surface area contributed by atoms with E-state index >= 15 is 0 Å². The molecular weight excluding hydrogens is 272 g/mol. The quantitative estimate of drug-likeness (QED) is 0.902. The second-order valence-corrected chi connectivity index (χ2v) is 7.90. The molecule has 3 N–H and O–H groups in total. The normalized spacial score (nSPS) is 36.0. The van der Waals surface area contributed by atoms with Crippen LogP contribution in [0.4, 0.5) is 0 Å². The Balaban J connectivity index is 1.61. The fraction of sp³-hybridized carbons (Fsp3) is 0.684. The van der Waals surface area contributed by atoms with E-state index in [0.717, 1.165) is 18.8 Å². The predicted octanol–water partition coefficient (Wildman–Crippen LogP) is 2.87. The predicted molar refractivity (Wildman–Crippen MR) is 88.9 cm³/mol. The van der Waals surface area contributed by atoms with E-state index in [1.807, 2.05) is 12.1 Å².